The van der Waals surface area contributed by atoms with E-state index >= 15 is 0 Å². The number of rotatable bonds is 4. The Morgan fingerprint density at radius 1 is 1.24 bits per heavy atom. The number of benzene rings is 2. The molecular weight excluding hydrogens is 379 g/mol. The van der Waals surface area contributed by atoms with Crippen molar-refractivity contribution < 1.29 is 9.53 Å². The van der Waals surface area contributed by atoms with Gasteiger partial charge in [0.2, 0.25) is 0 Å². The first kappa shape index (κ1) is 16.1. The van der Waals surface area contributed by atoms with Crippen molar-refractivity contribution >= 4 is 45.0 Å². The van der Waals surface area contributed by atoms with E-state index in [-0.39, 0.29) is 12.5 Å². The van der Waals surface area contributed by atoms with Crippen molar-refractivity contribution in [2.45, 2.75) is 6.61 Å². The van der Waals surface area contributed by atoms with Gasteiger partial charge in [-0.25, -0.2) is 5.84 Å². The second-order valence-corrected chi connectivity index (χ2v) is 5.79. The van der Waals surface area contributed by atoms with Crippen LogP contribution in [-0.2, 0) is 6.61 Å². The minimum absolute atomic E-state index is 0.258. The van der Waals surface area contributed by atoms with Crippen LogP contribution in [0.1, 0.15) is 15.9 Å². The van der Waals surface area contributed by atoms with Crippen LogP contribution in [0.25, 0.3) is 0 Å². The second kappa shape index (κ2) is 7.13. The summed E-state index contributed by atoms with van der Waals surface area (Å²) in [4.78, 5) is 11.4. The molecule has 0 fully saturated rings. The maximum absolute atomic E-state index is 11.4. The van der Waals surface area contributed by atoms with Crippen LogP contribution in [0.4, 0.5) is 0 Å². The standard InChI is InChI=1S/C14H11BrCl2N2O2/c15-10-6-8(14(20)19-18)4-5-9(10)7-21-13-11(16)2-1-3-12(13)17/h1-6H,7,18H2,(H,19,20). The molecule has 4 nitrogen and oxygen atoms in total. The van der Waals surface area contributed by atoms with E-state index in [2.05, 4.69) is 21.4 Å². The number of nitrogens with two attached hydrogens (primary N) is 1. The number of amides is 1. The van der Waals surface area contributed by atoms with Crippen molar-refractivity contribution in [3.05, 3.63) is 62.0 Å². The fraction of sp³-hybridized carbons (Fsp3) is 0.0714. The summed E-state index contributed by atoms with van der Waals surface area (Å²) in [7, 11) is 0. The largest absolute Gasteiger partial charge is 0.486 e. The monoisotopic (exact) mass is 388 g/mol. The lowest BCUT2D eigenvalue weighted by atomic mass is 10.1. The predicted octanol–water partition coefficient (Wildman–Crippen LogP) is 3.94. The number of para-hydroxylation sites is 1. The van der Waals surface area contributed by atoms with E-state index in [1.165, 1.54) is 0 Å². The molecule has 0 bridgehead atoms. The molecule has 1 amide bonds. The Bertz CT molecular complexity index is 660. The van der Waals surface area contributed by atoms with Crippen molar-refractivity contribution in [1.82, 2.24) is 5.43 Å². The van der Waals surface area contributed by atoms with Crippen LogP contribution in [0.2, 0.25) is 10.0 Å². The Labute approximate surface area is 140 Å². The lowest BCUT2D eigenvalue weighted by Crippen LogP contribution is -2.29. The highest BCUT2D eigenvalue weighted by Gasteiger charge is 2.10. The Hall–Kier alpha value is -1.27. The first-order valence-electron chi connectivity index (χ1n) is 5.89. The predicted molar refractivity (Wildman–Crippen MR) is 86.6 cm³/mol. The average molecular weight is 390 g/mol. The third kappa shape index (κ3) is 3.89. The molecule has 0 atom stereocenters. The quantitative estimate of drug-likeness (QED) is 0.473. The second-order valence-electron chi connectivity index (χ2n) is 4.12. The van der Waals surface area contributed by atoms with Gasteiger partial charge in [0.1, 0.15) is 6.61 Å². The molecule has 0 aromatic heterocycles. The highest BCUT2D eigenvalue weighted by Crippen LogP contribution is 2.33. The number of nitrogens with one attached hydrogen (secondary N) is 1. The normalized spacial score (nSPS) is 10.3. The van der Waals surface area contributed by atoms with Gasteiger partial charge in [0.15, 0.2) is 5.75 Å². The molecule has 0 spiro atoms. The van der Waals surface area contributed by atoms with Crippen LogP contribution in [0.15, 0.2) is 40.9 Å². The average Bonchev–Trinajstić information content (AvgIpc) is 2.47. The Kier molecular flexibility index (Phi) is 5.47. The summed E-state index contributed by atoms with van der Waals surface area (Å²) < 4.78 is 6.37. The van der Waals surface area contributed by atoms with Crippen molar-refractivity contribution in [3.8, 4) is 5.75 Å². The summed E-state index contributed by atoms with van der Waals surface area (Å²) in [5.74, 6) is 5.16. The molecule has 0 aliphatic rings. The van der Waals surface area contributed by atoms with Gasteiger partial charge < -0.3 is 4.74 Å². The number of halogens is 3. The van der Waals surface area contributed by atoms with Crippen LogP contribution in [0.3, 0.4) is 0 Å². The van der Waals surface area contributed by atoms with Crippen LogP contribution < -0.4 is 16.0 Å². The molecule has 0 saturated carbocycles. The van der Waals surface area contributed by atoms with E-state index in [0.29, 0.717) is 21.4 Å². The van der Waals surface area contributed by atoms with E-state index in [1.54, 1.807) is 36.4 Å². The van der Waals surface area contributed by atoms with Gasteiger partial charge in [0, 0.05) is 15.6 Å². The maximum atomic E-state index is 11.4. The summed E-state index contributed by atoms with van der Waals surface area (Å²) in [6.45, 7) is 0.258. The first-order chi connectivity index (χ1) is 10.0. The van der Waals surface area contributed by atoms with Crippen molar-refractivity contribution in [2.24, 2.45) is 5.84 Å². The van der Waals surface area contributed by atoms with E-state index in [0.717, 1.165) is 10.0 Å². The maximum Gasteiger partial charge on any atom is 0.265 e. The Morgan fingerprint density at radius 2 is 1.90 bits per heavy atom. The van der Waals surface area contributed by atoms with Crippen molar-refractivity contribution in [2.75, 3.05) is 0 Å². The molecule has 2 rings (SSSR count). The summed E-state index contributed by atoms with van der Waals surface area (Å²) in [6.07, 6.45) is 0. The fourth-order valence-electron chi connectivity index (χ4n) is 1.66. The summed E-state index contributed by atoms with van der Waals surface area (Å²) in [5, 5.41) is 0.885. The highest BCUT2D eigenvalue weighted by atomic mass is 79.9. The zero-order chi connectivity index (χ0) is 15.4. The molecule has 0 aliphatic heterocycles. The van der Waals surface area contributed by atoms with E-state index in [4.69, 9.17) is 33.8 Å². The van der Waals surface area contributed by atoms with Gasteiger partial charge in [-0.05, 0) is 24.3 Å². The van der Waals surface area contributed by atoms with Gasteiger partial charge >= 0.3 is 0 Å². The lowest BCUT2D eigenvalue weighted by Gasteiger charge is -2.11. The van der Waals surface area contributed by atoms with Crippen molar-refractivity contribution in [1.29, 1.82) is 0 Å². The number of carbonyl (C=O) groups excluding carboxylic acids is 1. The molecule has 0 unspecified atom stereocenters. The number of hydrazine groups is 1. The molecular formula is C14H11BrCl2N2O2. The fourth-order valence-corrected chi connectivity index (χ4v) is 2.66. The van der Waals surface area contributed by atoms with E-state index in [9.17, 15) is 4.79 Å². The lowest BCUT2D eigenvalue weighted by molar-refractivity contribution is 0.0953. The molecule has 2 aromatic carbocycles. The SMILES string of the molecule is NNC(=O)c1ccc(COc2c(Cl)cccc2Cl)c(Br)c1. The zero-order valence-electron chi connectivity index (χ0n) is 10.7. The van der Waals surface area contributed by atoms with Gasteiger partial charge in [-0.1, -0.05) is 51.3 Å². The molecule has 3 N–H and O–H groups in total. The topological polar surface area (TPSA) is 64.3 Å². The first-order valence-corrected chi connectivity index (χ1v) is 7.44. The van der Waals surface area contributed by atoms with E-state index in [1.807, 2.05) is 0 Å². The molecule has 0 saturated heterocycles. The van der Waals surface area contributed by atoms with Crippen LogP contribution >= 0.6 is 39.1 Å². The molecule has 110 valence electrons. The van der Waals surface area contributed by atoms with Gasteiger partial charge in [-0.3, -0.25) is 10.2 Å². The molecule has 0 radical (unpaired) electrons. The van der Waals surface area contributed by atoms with Crippen LogP contribution in [0.5, 0.6) is 5.75 Å². The number of hydrogen-bond donors (Lipinski definition) is 2. The van der Waals surface area contributed by atoms with E-state index < -0.39 is 0 Å². The molecule has 7 heteroatoms. The van der Waals surface area contributed by atoms with Gasteiger partial charge in [-0.15, -0.1) is 0 Å². The van der Waals surface area contributed by atoms with Crippen LogP contribution in [-0.4, -0.2) is 5.91 Å². The zero-order valence-corrected chi connectivity index (χ0v) is 13.8. The smallest absolute Gasteiger partial charge is 0.265 e. The highest BCUT2D eigenvalue weighted by molar-refractivity contribution is 9.10. The van der Waals surface area contributed by atoms with Gasteiger partial charge in [0.25, 0.3) is 5.91 Å². The number of nitrogen functional groups attached to an aromatic ring is 1. The Morgan fingerprint density at radius 3 is 2.48 bits per heavy atom. The number of hydrogen-bond acceptors (Lipinski definition) is 3. The van der Waals surface area contributed by atoms with Crippen LogP contribution in [0, 0.1) is 0 Å². The molecule has 0 heterocycles. The molecule has 21 heavy (non-hydrogen) atoms. The van der Waals surface area contributed by atoms with Gasteiger partial charge in [0.05, 0.1) is 10.0 Å². The number of ether oxygens (including phenoxy) is 1. The molecule has 0 aliphatic carbocycles. The Balaban J connectivity index is 2.16. The van der Waals surface area contributed by atoms with Gasteiger partial charge in [-0.2, -0.15) is 0 Å². The van der Waals surface area contributed by atoms with Crippen molar-refractivity contribution in [3.63, 3.8) is 0 Å². The number of carbonyl (C=O) groups is 1. The minimum atomic E-state index is -0.364. The molecule has 2 aromatic rings. The third-order valence-electron chi connectivity index (χ3n) is 2.74. The minimum Gasteiger partial charge on any atom is -0.486 e. The summed E-state index contributed by atoms with van der Waals surface area (Å²) >= 11 is 15.5. The summed E-state index contributed by atoms with van der Waals surface area (Å²) in [5.41, 5.74) is 3.37. The summed E-state index contributed by atoms with van der Waals surface area (Å²) in [6, 6.07) is 10.2. The third-order valence-corrected chi connectivity index (χ3v) is 4.07.